The van der Waals surface area contributed by atoms with E-state index in [1.165, 1.54) is 13.2 Å². The van der Waals surface area contributed by atoms with Crippen LogP contribution in [0.1, 0.15) is 5.56 Å². The van der Waals surface area contributed by atoms with E-state index in [1.54, 1.807) is 36.4 Å². The predicted octanol–water partition coefficient (Wildman–Crippen LogP) is 3.01. The van der Waals surface area contributed by atoms with Crippen LogP contribution in [-0.2, 0) is 15.6 Å². The summed E-state index contributed by atoms with van der Waals surface area (Å²) in [5, 5.41) is 0. The van der Waals surface area contributed by atoms with Gasteiger partial charge in [0.05, 0.1) is 12.9 Å². The van der Waals surface area contributed by atoms with Crippen molar-refractivity contribution in [3.63, 3.8) is 0 Å². The van der Waals surface area contributed by atoms with Crippen LogP contribution in [0.25, 0.3) is 0 Å². The highest BCUT2D eigenvalue weighted by Crippen LogP contribution is 2.28. The monoisotopic (exact) mass is 355 g/mol. The van der Waals surface area contributed by atoms with Gasteiger partial charge in [-0.3, -0.25) is 0 Å². The first-order valence-electron chi connectivity index (χ1n) is 5.84. The van der Waals surface area contributed by atoms with E-state index in [9.17, 15) is 8.42 Å². The molecule has 0 radical (unpaired) electrons. The topological polar surface area (TPSA) is 69.4 Å². The Bertz CT molecular complexity index is 729. The van der Waals surface area contributed by atoms with Crippen molar-refractivity contribution in [3.8, 4) is 5.75 Å². The molecule has 2 rings (SSSR count). The fraction of sp³-hybridized carbons (Fsp3) is 0.143. The summed E-state index contributed by atoms with van der Waals surface area (Å²) in [5.41, 5.74) is 6.92. The first kappa shape index (κ1) is 14.9. The van der Waals surface area contributed by atoms with E-state index in [4.69, 9.17) is 10.5 Å². The molecule has 0 aromatic heterocycles. The fourth-order valence-electron chi connectivity index (χ4n) is 1.86. The smallest absolute Gasteiger partial charge is 0.186 e. The number of para-hydroxylation sites is 1. The third-order valence-corrected chi connectivity index (χ3v) is 5.26. The van der Waals surface area contributed by atoms with Crippen LogP contribution in [0.4, 0.5) is 5.69 Å². The maximum absolute atomic E-state index is 12.4. The van der Waals surface area contributed by atoms with Gasteiger partial charge in [0.25, 0.3) is 0 Å². The molecule has 6 heteroatoms. The van der Waals surface area contributed by atoms with Gasteiger partial charge in [-0.05, 0) is 45.8 Å². The number of nitrogen functional groups attached to an aromatic ring is 1. The van der Waals surface area contributed by atoms with Crippen LogP contribution < -0.4 is 10.5 Å². The molecule has 0 spiro atoms. The first-order valence-corrected chi connectivity index (χ1v) is 8.28. The average Bonchev–Trinajstić information content (AvgIpc) is 2.42. The third-order valence-electron chi connectivity index (χ3n) is 2.82. The second kappa shape index (κ2) is 5.85. The van der Waals surface area contributed by atoms with E-state index in [0.717, 1.165) is 4.47 Å². The molecule has 0 fully saturated rings. The van der Waals surface area contributed by atoms with Crippen LogP contribution in [0.5, 0.6) is 5.75 Å². The van der Waals surface area contributed by atoms with Crippen molar-refractivity contribution in [3.05, 3.63) is 52.5 Å². The van der Waals surface area contributed by atoms with Crippen molar-refractivity contribution >= 4 is 31.5 Å². The van der Waals surface area contributed by atoms with Gasteiger partial charge in [0.1, 0.15) is 10.6 Å². The minimum absolute atomic E-state index is 0.120. The Morgan fingerprint density at radius 2 is 1.90 bits per heavy atom. The lowest BCUT2D eigenvalue weighted by Gasteiger charge is -2.10. The number of rotatable bonds is 4. The highest BCUT2D eigenvalue weighted by molar-refractivity contribution is 9.10. The zero-order valence-corrected chi connectivity index (χ0v) is 13.2. The Hall–Kier alpha value is -1.53. The second-order valence-corrected chi connectivity index (χ2v) is 7.08. The van der Waals surface area contributed by atoms with E-state index in [2.05, 4.69) is 15.9 Å². The lowest BCUT2D eigenvalue weighted by Crippen LogP contribution is -2.07. The van der Waals surface area contributed by atoms with Gasteiger partial charge in [-0.2, -0.15) is 0 Å². The maximum Gasteiger partial charge on any atom is 0.186 e. The molecule has 0 atom stereocenters. The summed E-state index contributed by atoms with van der Waals surface area (Å²) in [6.45, 7) is 0. The van der Waals surface area contributed by atoms with Crippen LogP contribution in [-0.4, -0.2) is 15.5 Å². The summed E-state index contributed by atoms with van der Waals surface area (Å²) in [7, 11) is -2.03. The number of hydrogen-bond acceptors (Lipinski definition) is 4. The molecule has 0 bridgehead atoms. The summed E-state index contributed by atoms with van der Waals surface area (Å²) in [6.07, 6.45) is 0. The molecular weight excluding hydrogens is 342 g/mol. The van der Waals surface area contributed by atoms with Gasteiger partial charge in [0.15, 0.2) is 9.84 Å². The zero-order chi connectivity index (χ0) is 14.8. The number of hydrogen-bond donors (Lipinski definition) is 1. The maximum atomic E-state index is 12.4. The van der Waals surface area contributed by atoms with Gasteiger partial charge < -0.3 is 10.5 Å². The van der Waals surface area contributed by atoms with Crippen LogP contribution >= 0.6 is 15.9 Å². The highest BCUT2D eigenvalue weighted by Gasteiger charge is 2.20. The minimum atomic E-state index is -3.48. The summed E-state index contributed by atoms with van der Waals surface area (Å²) in [4.78, 5) is 0.184. The molecule has 0 aliphatic rings. The Morgan fingerprint density at radius 3 is 2.55 bits per heavy atom. The summed E-state index contributed by atoms with van der Waals surface area (Å²) in [6, 6.07) is 11.7. The molecule has 0 aliphatic carbocycles. The fourth-order valence-corrected chi connectivity index (χ4v) is 3.62. The number of methoxy groups -OCH3 is 1. The molecule has 0 heterocycles. The summed E-state index contributed by atoms with van der Waals surface area (Å²) in [5.74, 6) is 0.225. The lowest BCUT2D eigenvalue weighted by atomic mass is 10.2. The number of benzene rings is 2. The Labute approximate surface area is 126 Å². The van der Waals surface area contributed by atoms with Crippen molar-refractivity contribution in [2.24, 2.45) is 0 Å². The largest absolute Gasteiger partial charge is 0.495 e. The molecule has 20 heavy (non-hydrogen) atoms. The Morgan fingerprint density at radius 1 is 1.20 bits per heavy atom. The number of anilines is 1. The van der Waals surface area contributed by atoms with Crippen molar-refractivity contribution in [1.29, 1.82) is 0 Å². The van der Waals surface area contributed by atoms with Gasteiger partial charge in [-0.1, -0.05) is 18.2 Å². The Balaban J connectivity index is 2.38. The van der Waals surface area contributed by atoms with Crippen molar-refractivity contribution in [1.82, 2.24) is 0 Å². The van der Waals surface area contributed by atoms with Crippen LogP contribution in [0.3, 0.4) is 0 Å². The van der Waals surface area contributed by atoms with Gasteiger partial charge in [0.2, 0.25) is 0 Å². The molecule has 0 saturated carbocycles. The third kappa shape index (κ3) is 3.13. The normalized spacial score (nSPS) is 11.3. The molecule has 0 aliphatic heterocycles. The second-order valence-electron chi connectivity index (χ2n) is 4.27. The van der Waals surface area contributed by atoms with Gasteiger partial charge in [-0.25, -0.2) is 8.42 Å². The molecule has 4 nitrogen and oxygen atoms in total. The number of sulfone groups is 1. The molecule has 2 N–H and O–H groups in total. The standard InChI is InChI=1S/C14H14BrNO3S/c1-19-13-4-2-3-5-14(13)20(17,18)9-10-6-7-11(15)12(16)8-10/h2-8H,9,16H2,1H3. The van der Waals surface area contributed by atoms with Crippen LogP contribution in [0.15, 0.2) is 51.8 Å². The molecular formula is C14H14BrNO3S. The van der Waals surface area contributed by atoms with E-state index in [-0.39, 0.29) is 10.6 Å². The van der Waals surface area contributed by atoms with Crippen LogP contribution in [0, 0.1) is 0 Å². The van der Waals surface area contributed by atoms with Crippen LogP contribution in [0.2, 0.25) is 0 Å². The summed E-state index contributed by atoms with van der Waals surface area (Å²) >= 11 is 3.28. The summed E-state index contributed by atoms with van der Waals surface area (Å²) < 4.78 is 30.7. The van der Waals surface area contributed by atoms with E-state index >= 15 is 0 Å². The van der Waals surface area contributed by atoms with Crippen molar-refractivity contribution < 1.29 is 13.2 Å². The molecule has 2 aromatic rings. The first-order chi connectivity index (χ1) is 9.44. The predicted molar refractivity (Wildman–Crippen MR) is 82.4 cm³/mol. The molecule has 0 amide bonds. The number of nitrogens with two attached hydrogens (primary N) is 1. The minimum Gasteiger partial charge on any atom is -0.495 e. The van der Waals surface area contributed by atoms with Gasteiger partial charge in [-0.15, -0.1) is 0 Å². The molecule has 0 saturated heterocycles. The van der Waals surface area contributed by atoms with Crippen molar-refractivity contribution in [2.75, 3.05) is 12.8 Å². The highest BCUT2D eigenvalue weighted by atomic mass is 79.9. The zero-order valence-electron chi connectivity index (χ0n) is 10.8. The molecule has 106 valence electrons. The van der Waals surface area contributed by atoms with Gasteiger partial charge >= 0.3 is 0 Å². The lowest BCUT2D eigenvalue weighted by molar-refractivity contribution is 0.402. The SMILES string of the molecule is COc1ccccc1S(=O)(=O)Cc1ccc(Br)c(N)c1. The molecule has 0 unspecified atom stereocenters. The number of halogens is 1. The van der Waals surface area contributed by atoms with E-state index < -0.39 is 9.84 Å². The quantitative estimate of drug-likeness (QED) is 0.855. The van der Waals surface area contributed by atoms with Gasteiger partial charge in [0, 0.05) is 10.2 Å². The Kier molecular flexibility index (Phi) is 4.35. The van der Waals surface area contributed by atoms with E-state index in [0.29, 0.717) is 17.0 Å². The number of ether oxygens (including phenoxy) is 1. The molecule has 2 aromatic carbocycles. The average molecular weight is 356 g/mol. The van der Waals surface area contributed by atoms with E-state index in [1.807, 2.05) is 0 Å². The van der Waals surface area contributed by atoms with Crippen molar-refractivity contribution in [2.45, 2.75) is 10.6 Å².